The number of carbonyl (C=O) groups excluding carboxylic acids is 1. The summed E-state index contributed by atoms with van der Waals surface area (Å²) in [5.74, 6) is 0.222. The van der Waals surface area contributed by atoms with Gasteiger partial charge in [-0.25, -0.2) is 0 Å². The van der Waals surface area contributed by atoms with Crippen LogP contribution in [0.15, 0.2) is 48.1 Å². The van der Waals surface area contributed by atoms with Crippen LogP contribution in [-0.4, -0.2) is 5.78 Å². The van der Waals surface area contributed by atoms with Crippen molar-refractivity contribution in [1.29, 1.82) is 0 Å². The molecular weight excluding hydrogens is 256 g/mol. The van der Waals surface area contributed by atoms with Crippen molar-refractivity contribution in [2.45, 2.75) is 44.9 Å². The van der Waals surface area contributed by atoms with Crippen LogP contribution >= 0.6 is 0 Å². The van der Waals surface area contributed by atoms with E-state index in [1.807, 2.05) is 6.08 Å². The molecule has 0 aliphatic heterocycles. The van der Waals surface area contributed by atoms with Gasteiger partial charge in [-0.1, -0.05) is 55.3 Å². The molecule has 0 heterocycles. The fourth-order valence-electron chi connectivity index (χ4n) is 3.16. The SMILES string of the molecule is O=C1C=C2C(=CC1)CCCCCCC=Cc1ccccc12. The van der Waals surface area contributed by atoms with Crippen molar-refractivity contribution >= 4 is 17.4 Å². The highest BCUT2D eigenvalue weighted by Gasteiger charge is 2.16. The highest BCUT2D eigenvalue weighted by molar-refractivity contribution is 6.04. The fraction of sp³-hybridized carbons (Fsp3) is 0.350. The highest BCUT2D eigenvalue weighted by atomic mass is 16.1. The molecule has 108 valence electrons. The molecule has 2 aliphatic carbocycles. The molecular formula is C20H22O. The summed E-state index contributed by atoms with van der Waals surface area (Å²) in [6.07, 6.45) is 16.4. The molecule has 0 fully saturated rings. The maximum Gasteiger partial charge on any atom is 0.160 e. The fourth-order valence-corrected chi connectivity index (χ4v) is 3.16. The Labute approximate surface area is 127 Å². The van der Waals surface area contributed by atoms with Gasteiger partial charge in [0.25, 0.3) is 0 Å². The number of benzene rings is 1. The minimum absolute atomic E-state index is 0.222. The van der Waals surface area contributed by atoms with Crippen LogP contribution in [0, 0.1) is 0 Å². The highest BCUT2D eigenvalue weighted by Crippen LogP contribution is 2.33. The lowest BCUT2D eigenvalue weighted by molar-refractivity contribution is -0.113. The lowest BCUT2D eigenvalue weighted by Gasteiger charge is -2.18. The Balaban J connectivity index is 2.05. The van der Waals surface area contributed by atoms with Crippen LogP contribution in [-0.2, 0) is 4.79 Å². The van der Waals surface area contributed by atoms with Crippen LogP contribution in [0.5, 0.6) is 0 Å². The van der Waals surface area contributed by atoms with Gasteiger partial charge in [-0.3, -0.25) is 4.79 Å². The molecule has 0 atom stereocenters. The third kappa shape index (κ3) is 3.41. The number of allylic oxidation sites excluding steroid dienone is 5. The minimum atomic E-state index is 0.222. The second-order valence-electron chi connectivity index (χ2n) is 5.90. The molecule has 0 spiro atoms. The average molecular weight is 278 g/mol. The summed E-state index contributed by atoms with van der Waals surface area (Å²) in [6, 6.07) is 8.43. The molecule has 0 amide bonds. The lowest BCUT2D eigenvalue weighted by atomic mass is 9.85. The number of fused-ring (bicyclic) bond motifs is 3. The van der Waals surface area contributed by atoms with E-state index in [-0.39, 0.29) is 5.78 Å². The summed E-state index contributed by atoms with van der Waals surface area (Å²) in [4.78, 5) is 11.9. The van der Waals surface area contributed by atoms with Crippen LogP contribution in [0.2, 0.25) is 0 Å². The largest absolute Gasteiger partial charge is 0.294 e. The molecule has 0 saturated heterocycles. The molecule has 0 bridgehead atoms. The van der Waals surface area contributed by atoms with Crippen LogP contribution < -0.4 is 0 Å². The first-order valence-electron chi connectivity index (χ1n) is 8.04. The lowest BCUT2D eigenvalue weighted by Crippen LogP contribution is -2.04. The van der Waals surface area contributed by atoms with Gasteiger partial charge in [0.15, 0.2) is 5.78 Å². The van der Waals surface area contributed by atoms with E-state index in [0.717, 1.165) is 18.4 Å². The topological polar surface area (TPSA) is 17.1 Å². The summed E-state index contributed by atoms with van der Waals surface area (Å²) in [6.45, 7) is 0. The number of ketones is 1. The predicted octanol–water partition coefficient (Wildman–Crippen LogP) is 5.34. The van der Waals surface area contributed by atoms with E-state index in [0.29, 0.717) is 6.42 Å². The van der Waals surface area contributed by atoms with E-state index in [1.54, 1.807) is 0 Å². The van der Waals surface area contributed by atoms with Gasteiger partial charge < -0.3 is 0 Å². The number of rotatable bonds is 0. The van der Waals surface area contributed by atoms with Gasteiger partial charge in [-0.2, -0.15) is 0 Å². The van der Waals surface area contributed by atoms with Crippen molar-refractivity contribution in [3.8, 4) is 0 Å². The monoisotopic (exact) mass is 278 g/mol. The van der Waals surface area contributed by atoms with Crippen LogP contribution in [0.25, 0.3) is 11.6 Å². The van der Waals surface area contributed by atoms with Crippen molar-refractivity contribution in [3.63, 3.8) is 0 Å². The number of hydrogen-bond acceptors (Lipinski definition) is 1. The van der Waals surface area contributed by atoms with E-state index in [2.05, 4.69) is 42.5 Å². The number of hydrogen-bond donors (Lipinski definition) is 0. The maximum atomic E-state index is 11.9. The van der Waals surface area contributed by atoms with E-state index in [9.17, 15) is 4.79 Å². The Morgan fingerprint density at radius 1 is 0.952 bits per heavy atom. The summed E-state index contributed by atoms with van der Waals surface area (Å²) < 4.78 is 0. The third-order valence-electron chi connectivity index (χ3n) is 4.32. The predicted molar refractivity (Wildman–Crippen MR) is 88.9 cm³/mol. The molecule has 0 unspecified atom stereocenters. The third-order valence-corrected chi connectivity index (χ3v) is 4.32. The normalized spacial score (nSPS) is 19.5. The second-order valence-corrected chi connectivity index (χ2v) is 5.90. The zero-order valence-electron chi connectivity index (χ0n) is 12.5. The Bertz CT molecular complexity index is 616. The molecule has 1 nitrogen and oxygen atoms in total. The van der Waals surface area contributed by atoms with E-state index >= 15 is 0 Å². The number of carbonyl (C=O) groups is 1. The van der Waals surface area contributed by atoms with Gasteiger partial charge in [0.05, 0.1) is 0 Å². The molecule has 1 aromatic carbocycles. The van der Waals surface area contributed by atoms with Gasteiger partial charge in [0.2, 0.25) is 0 Å². The standard InChI is InChI=1S/C20H22O/c21-18-14-13-17-10-6-4-2-1-3-5-9-16-11-7-8-12-19(16)20(17)15-18/h5,7-9,11-13,15H,1-4,6,10,14H2. The summed E-state index contributed by atoms with van der Waals surface area (Å²) in [5.41, 5.74) is 4.93. The quantitative estimate of drug-likeness (QED) is 0.626. The van der Waals surface area contributed by atoms with Crippen molar-refractivity contribution in [2.75, 3.05) is 0 Å². The van der Waals surface area contributed by atoms with Crippen molar-refractivity contribution < 1.29 is 4.79 Å². The van der Waals surface area contributed by atoms with E-state index in [4.69, 9.17) is 0 Å². The minimum Gasteiger partial charge on any atom is -0.294 e. The molecule has 3 rings (SSSR count). The van der Waals surface area contributed by atoms with Crippen LogP contribution in [0.3, 0.4) is 0 Å². The molecule has 1 heteroatoms. The maximum absolute atomic E-state index is 11.9. The Kier molecular flexibility index (Phi) is 4.49. The van der Waals surface area contributed by atoms with Gasteiger partial charge in [0, 0.05) is 6.42 Å². The Morgan fingerprint density at radius 3 is 2.76 bits per heavy atom. The first kappa shape index (κ1) is 14.1. The zero-order chi connectivity index (χ0) is 14.5. The zero-order valence-corrected chi connectivity index (χ0v) is 12.5. The molecule has 0 radical (unpaired) electrons. The van der Waals surface area contributed by atoms with Crippen molar-refractivity contribution in [1.82, 2.24) is 0 Å². The Hall–Kier alpha value is -1.89. The van der Waals surface area contributed by atoms with Crippen molar-refractivity contribution in [2.24, 2.45) is 0 Å². The Morgan fingerprint density at radius 2 is 1.81 bits per heavy atom. The molecule has 0 N–H and O–H groups in total. The second kappa shape index (κ2) is 6.71. The first-order valence-corrected chi connectivity index (χ1v) is 8.04. The van der Waals surface area contributed by atoms with Gasteiger partial charge >= 0.3 is 0 Å². The van der Waals surface area contributed by atoms with E-state index < -0.39 is 0 Å². The molecule has 21 heavy (non-hydrogen) atoms. The van der Waals surface area contributed by atoms with E-state index in [1.165, 1.54) is 42.4 Å². The summed E-state index contributed by atoms with van der Waals surface area (Å²) >= 11 is 0. The average Bonchev–Trinajstić information content (AvgIpc) is 2.50. The summed E-state index contributed by atoms with van der Waals surface area (Å²) in [5, 5.41) is 0. The van der Waals surface area contributed by atoms with Gasteiger partial charge in [0.1, 0.15) is 0 Å². The van der Waals surface area contributed by atoms with Crippen LogP contribution in [0.4, 0.5) is 0 Å². The molecule has 0 aromatic heterocycles. The molecule has 0 saturated carbocycles. The first-order chi connectivity index (χ1) is 10.3. The van der Waals surface area contributed by atoms with Crippen LogP contribution in [0.1, 0.15) is 56.1 Å². The van der Waals surface area contributed by atoms with Gasteiger partial charge in [-0.15, -0.1) is 0 Å². The smallest absolute Gasteiger partial charge is 0.160 e. The summed E-state index contributed by atoms with van der Waals surface area (Å²) in [7, 11) is 0. The molecule has 1 aromatic rings. The van der Waals surface area contributed by atoms with Gasteiger partial charge in [-0.05, 0) is 54.0 Å². The molecule has 2 aliphatic rings. The van der Waals surface area contributed by atoms with Crippen molar-refractivity contribution in [3.05, 3.63) is 59.2 Å².